The number of carbonyl (C=O) groups is 2. The predicted molar refractivity (Wildman–Crippen MR) is 132 cm³/mol. The number of amides is 2. The fraction of sp³-hybridized carbons (Fsp3) is 0.231. The van der Waals surface area contributed by atoms with Gasteiger partial charge in [-0.05, 0) is 55.3 Å². The Hall–Kier alpha value is -3.02. The number of nitrogens with zero attached hydrogens (tertiary/aromatic N) is 2. The summed E-state index contributed by atoms with van der Waals surface area (Å²) in [5, 5.41) is 0.836. The number of carbonyl (C=O) groups excluding carboxylic acids is 2. The molecule has 0 saturated carbocycles. The van der Waals surface area contributed by atoms with E-state index in [0.717, 1.165) is 16.9 Å². The first-order chi connectivity index (χ1) is 15.9. The molecule has 0 N–H and O–H groups in total. The maximum atomic E-state index is 13.6. The lowest BCUT2D eigenvalue weighted by Gasteiger charge is -2.43. The Morgan fingerprint density at radius 2 is 1.73 bits per heavy atom. The zero-order valence-electron chi connectivity index (χ0n) is 18.4. The van der Waals surface area contributed by atoms with Crippen LogP contribution in [0.2, 0.25) is 10.0 Å². The molecule has 2 atom stereocenters. The summed E-state index contributed by atoms with van der Waals surface area (Å²) in [6.45, 7) is 3.37. The highest BCUT2D eigenvalue weighted by Gasteiger charge is 2.37. The smallest absolute Gasteiger partial charge is 0.265 e. The lowest BCUT2D eigenvalue weighted by atomic mass is 9.90. The largest absolute Gasteiger partial charge is 0.482 e. The molecule has 0 bridgehead atoms. The summed E-state index contributed by atoms with van der Waals surface area (Å²) in [7, 11) is 0. The van der Waals surface area contributed by atoms with Gasteiger partial charge in [-0.2, -0.15) is 0 Å². The third-order valence-electron chi connectivity index (χ3n) is 5.76. The average molecular weight is 483 g/mol. The van der Waals surface area contributed by atoms with E-state index in [1.807, 2.05) is 61.5 Å². The summed E-state index contributed by atoms with van der Waals surface area (Å²) in [5.41, 5.74) is 2.51. The Morgan fingerprint density at radius 1 is 1.03 bits per heavy atom. The SMILES string of the molecule is CC(=O)N1c2ccccc2[C@@H](N(C(=O)COc2ccc(Cl)cc2Cl)c2ccccc2)C[C@H]1C. The van der Waals surface area contributed by atoms with E-state index in [4.69, 9.17) is 27.9 Å². The highest BCUT2D eigenvalue weighted by atomic mass is 35.5. The normalized spacial score (nSPS) is 17.3. The first-order valence-corrected chi connectivity index (χ1v) is 11.5. The van der Waals surface area contributed by atoms with Crippen molar-refractivity contribution in [3.63, 3.8) is 0 Å². The average Bonchev–Trinajstić information content (AvgIpc) is 2.79. The van der Waals surface area contributed by atoms with Crippen molar-refractivity contribution in [3.8, 4) is 5.75 Å². The van der Waals surface area contributed by atoms with Crippen LogP contribution >= 0.6 is 23.2 Å². The second kappa shape index (κ2) is 9.86. The molecular formula is C26H24Cl2N2O3. The molecule has 0 unspecified atom stereocenters. The van der Waals surface area contributed by atoms with Gasteiger partial charge in [0.2, 0.25) is 5.91 Å². The van der Waals surface area contributed by atoms with E-state index in [2.05, 4.69) is 0 Å². The molecule has 0 radical (unpaired) electrons. The number of hydrogen-bond donors (Lipinski definition) is 0. The molecule has 7 heteroatoms. The molecule has 0 aromatic heterocycles. The van der Waals surface area contributed by atoms with Gasteiger partial charge in [0.15, 0.2) is 6.61 Å². The predicted octanol–water partition coefficient (Wildman–Crippen LogP) is 6.29. The second-order valence-electron chi connectivity index (χ2n) is 8.01. The third kappa shape index (κ3) is 4.85. The summed E-state index contributed by atoms with van der Waals surface area (Å²) < 4.78 is 5.77. The van der Waals surface area contributed by atoms with Gasteiger partial charge in [0.25, 0.3) is 5.91 Å². The molecule has 1 aliphatic heterocycles. The summed E-state index contributed by atoms with van der Waals surface area (Å²) >= 11 is 12.2. The zero-order valence-corrected chi connectivity index (χ0v) is 19.9. The first-order valence-electron chi connectivity index (χ1n) is 10.7. The van der Waals surface area contributed by atoms with E-state index < -0.39 is 0 Å². The lowest BCUT2D eigenvalue weighted by Crippen LogP contribution is -2.48. The molecule has 3 aromatic rings. The molecule has 0 saturated heterocycles. The van der Waals surface area contributed by atoms with Gasteiger partial charge in [-0.1, -0.05) is 59.6 Å². The number of para-hydroxylation sites is 2. The number of fused-ring (bicyclic) bond motifs is 1. The minimum absolute atomic E-state index is 0.0216. The number of ether oxygens (including phenoxy) is 1. The summed E-state index contributed by atoms with van der Waals surface area (Å²) in [4.78, 5) is 29.5. The first kappa shape index (κ1) is 23.1. The molecular weight excluding hydrogens is 459 g/mol. The van der Waals surface area contributed by atoms with Crippen molar-refractivity contribution in [1.82, 2.24) is 0 Å². The number of anilines is 2. The Balaban J connectivity index is 1.70. The van der Waals surface area contributed by atoms with Crippen LogP contribution in [-0.4, -0.2) is 24.5 Å². The van der Waals surface area contributed by atoms with Crippen molar-refractivity contribution in [1.29, 1.82) is 0 Å². The van der Waals surface area contributed by atoms with Crippen LogP contribution in [0, 0.1) is 0 Å². The molecule has 4 rings (SSSR count). The molecule has 0 spiro atoms. The van der Waals surface area contributed by atoms with Crippen LogP contribution in [0.15, 0.2) is 72.8 Å². The van der Waals surface area contributed by atoms with Gasteiger partial charge in [0, 0.05) is 29.4 Å². The molecule has 0 fully saturated rings. The van der Waals surface area contributed by atoms with Crippen molar-refractivity contribution in [2.75, 3.05) is 16.4 Å². The molecule has 33 heavy (non-hydrogen) atoms. The third-order valence-corrected chi connectivity index (χ3v) is 6.29. The minimum Gasteiger partial charge on any atom is -0.482 e. The van der Waals surface area contributed by atoms with E-state index in [1.54, 1.807) is 34.9 Å². The van der Waals surface area contributed by atoms with Crippen molar-refractivity contribution in [3.05, 3.63) is 88.4 Å². The van der Waals surface area contributed by atoms with Crippen molar-refractivity contribution in [2.45, 2.75) is 32.4 Å². The van der Waals surface area contributed by atoms with E-state index in [9.17, 15) is 9.59 Å². The Bertz CT molecular complexity index is 1170. The van der Waals surface area contributed by atoms with Crippen molar-refractivity contribution in [2.24, 2.45) is 0 Å². The van der Waals surface area contributed by atoms with Crippen molar-refractivity contribution >= 4 is 46.4 Å². The highest BCUT2D eigenvalue weighted by molar-refractivity contribution is 6.35. The Kier molecular flexibility index (Phi) is 6.91. The van der Waals surface area contributed by atoms with E-state index >= 15 is 0 Å². The van der Waals surface area contributed by atoms with Crippen LogP contribution in [0.5, 0.6) is 5.75 Å². The Labute approximate surface area is 203 Å². The van der Waals surface area contributed by atoms with Crippen LogP contribution in [0.25, 0.3) is 0 Å². The molecule has 1 aliphatic rings. The van der Waals surface area contributed by atoms with Crippen LogP contribution in [0.1, 0.15) is 31.9 Å². The molecule has 1 heterocycles. The highest BCUT2D eigenvalue weighted by Crippen LogP contribution is 2.42. The van der Waals surface area contributed by atoms with E-state index in [0.29, 0.717) is 22.2 Å². The van der Waals surface area contributed by atoms with Gasteiger partial charge in [-0.15, -0.1) is 0 Å². The van der Waals surface area contributed by atoms with Gasteiger partial charge in [-0.25, -0.2) is 0 Å². The van der Waals surface area contributed by atoms with Gasteiger partial charge < -0.3 is 14.5 Å². The van der Waals surface area contributed by atoms with Crippen LogP contribution in [0.4, 0.5) is 11.4 Å². The van der Waals surface area contributed by atoms with Gasteiger partial charge in [0.1, 0.15) is 5.75 Å². The molecule has 0 aliphatic carbocycles. The lowest BCUT2D eigenvalue weighted by molar-refractivity contribution is -0.121. The van der Waals surface area contributed by atoms with Gasteiger partial charge in [-0.3, -0.25) is 9.59 Å². The Morgan fingerprint density at radius 3 is 2.42 bits per heavy atom. The molecule has 5 nitrogen and oxygen atoms in total. The maximum absolute atomic E-state index is 13.6. The second-order valence-corrected chi connectivity index (χ2v) is 8.85. The van der Waals surface area contributed by atoms with Crippen molar-refractivity contribution < 1.29 is 14.3 Å². The molecule has 3 aromatic carbocycles. The quantitative estimate of drug-likeness (QED) is 0.429. The molecule has 170 valence electrons. The standard InChI is InChI=1S/C26H24Cl2N2O3/c1-17-14-24(21-10-6-7-11-23(21)29(17)18(2)31)30(20-8-4-3-5-9-20)26(32)16-33-25-13-12-19(27)15-22(25)28/h3-13,15,17,24H,14,16H2,1-2H3/t17-,24+/m1/s1. The van der Waals surface area contributed by atoms with Crippen LogP contribution in [-0.2, 0) is 9.59 Å². The van der Waals surface area contributed by atoms with Crippen LogP contribution < -0.4 is 14.5 Å². The number of halogens is 2. The number of hydrogen-bond acceptors (Lipinski definition) is 3. The minimum atomic E-state index is -0.258. The van der Waals surface area contributed by atoms with E-state index in [1.165, 1.54) is 0 Å². The monoisotopic (exact) mass is 482 g/mol. The molecule has 2 amide bonds. The van der Waals surface area contributed by atoms with Crippen LogP contribution in [0.3, 0.4) is 0 Å². The summed E-state index contributed by atoms with van der Waals surface area (Å²) in [5.74, 6) is 0.157. The fourth-order valence-corrected chi connectivity index (χ4v) is 4.86. The topological polar surface area (TPSA) is 49.9 Å². The van der Waals surface area contributed by atoms with Gasteiger partial charge >= 0.3 is 0 Å². The number of benzene rings is 3. The zero-order chi connectivity index (χ0) is 23.5. The summed E-state index contributed by atoms with van der Waals surface area (Å²) in [6, 6.07) is 21.8. The summed E-state index contributed by atoms with van der Waals surface area (Å²) in [6.07, 6.45) is 0.596. The number of rotatable bonds is 5. The maximum Gasteiger partial charge on any atom is 0.265 e. The van der Waals surface area contributed by atoms with Gasteiger partial charge in [0.05, 0.1) is 11.1 Å². The van der Waals surface area contributed by atoms with E-state index in [-0.39, 0.29) is 30.5 Å². The fourth-order valence-electron chi connectivity index (χ4n) is 4.39.